The number of hydrogen-bond acceptors (Lipinski definition) is 6. The van der Waals surface area contributed by atoms with Crippen LogP contribution < -0.4 is 5.73 Å². The molecule has 1 aromatic rings. The van der Waals surface area contributed by atoms with Gasteiger partial charge in [-0.15, -0.1) is 0 Å². The Morgan fingerprint density at radius 3 is 2.79 bits per heavy atom. The summed E-state index contributed by atoms with van der Waals surface area (Å²) in [4.78, 5) is 4.24. The van der Waals surface area contributed by atoms with E-state index in [1.807, 2.05) is 6.92 Å². The van der Waals surface area contributed by atoms with E-state index < -0.39 is 6.10 Å². The van der Waals surface area contributed by atoms with Crippen LogP contribution in [-0.2, 0) is 4.74 Å². The van der Waals surface area contributed by atoms with E-state index in [1.165, 1.54) is 19.3 Å². The second-order valence-electron chi connectivity index (χ2n) is 5.02. The third kappa shape index (κ3) is 3.52. The number of hydrogen-bond donors (Lipinski definition) is 2. The highest BCUT2D eigenvalue weighted by atomic mass is 16.5. The van der Waals surface area contributed by atoms with E-state index in [1.54, 1.807) is 0 Å². The van der Waals surface area contributed by atoms with Gasteiger partial charge in [0.05, 0.1) is 0 Å². The Morgan fingerprint density at radius 2 is 2.16 bits per heavy atom. The average molecular weight is 269 g/mol. The molecule has 0 bridgehead atoms. The lowest BCUT2D eigenvalue weighted by atomic mass is 9.85. The molecule has 0 radical (unpaired) electrons. The molecule has 0 saturated heterocycles. The summed E-state index contributed by atoms with van der Waals surface area (Å²) in [6, 6.07) is 0. The van der Waals surface area contributed by atoms with Crippen LogP contribution in [0.3, 0.4) is 0 Å². The zero-order valence-corrected chi connectivity index (χ0v) is 11.4. The molecule has 1 aliphatic carbocycles. The quantitative estimate of drug-likeness (QED) is 0.816. The molecule has 1 aromatic heterocycles. The summed E-state index contributed by atoms with van der Waals surface area (Å²) in [7, 11) is 0. The second kappa shape index (κ2) is 6.98. The molecule has 2 atom stereocenters. The van der Waals surface area contributed by atoms with Gasteiger partial charge in [0.2, 0.25) is 5.82 Å². The van der Waals surface area contributed by atoms with Crippen LogP contribution in [0.5, 0.6) is 0 Å². The van der Waals surface area contributed by atoms with Crippen molar-refractivity contribution in [3.8, 4) is 0 Å². The lowest BCUT2D eigenvalue weighted by Crippen LogP contribution is -2.20. The fraction of sp³-hybridized carbons (Fsp3) is 0.846. The van der Waals surface area contributed by atoms with Crippen LogP contribution >= 0.6 is 0 Å². The van der Waals surface area contributed by atoms with Crippen LogP contribution in [0, 0.1) is 5.92 Å². The SMILES string of the molecule is CCOC(c1noc(C(O)CN)n1)C1CCCCC1. The van der Waals surface area contributed by atoms with Gasteiger partial charge in [-0.3, -0.25) is 0 Å². The van der Waals surface area contributed by atoms with Crippen LogP contribution in [0.25, 0.3) is 0 Å². The molecular weight excluding hydrogens is 246 g/mol. The van der Waals surface area contributed by atoms with Crippen molar-refractivity contribution >= 4 is 0 Å². The van der Waals surface area contributed by atoms with Crippen LogP contribution in [0.2, 0.25) is 0 Å². The molecule has 19 heavy (non-hydrogen) atoms. The molecule has 1 saturated carbocycles. The monoisotopic (exact) mass is 269 g/mol. The summed E-state index contributed by atoms with van der Waals surface area (Å²) in [5, 5.41) is 13.6. The van der Waals surface area contributed by atoms with Gasteiger partial charge in [0.1, 0.15) is 12.2 Å². The number of ether oxygens (including phenoxy) is 1. The molecule has 1 fully saturated rings. The fourth-order valence-electron chi connectivity index (χ4n) is 2.64. The molecule has 0 aliphatic heterocycles. The summed E-state index contributed by atoms with van der Waals surface area (Å²) in [6.07, 6.45) is 4.98. The molecule has 0 amide bonds. The maximum atomic E-state index is 9.60. The van der Waals surface area contributed by atoms with E-state index in [0.29, 0.717) is 18.3 Å². The molecule has 3 N–H and O–H groups in total. The topological polar surface area (TPSA) is 94.4 Å². The molecule has 1 aliphatic rings. The summed E-state index contributed by atoms with van der Waals surface area (Å²) < 4.78 is 10.9. The number of nitrogens with two attached hydrogens (primary N) is 1. The van der Waals surface area contributed by atoms with Gasteiger partial charge in [0.15, 0.2) is 0 Å². The van der Waals surface area contributed by atoms with E-state index in [9.17, 15) is 5.11 Å². The Labute approximate surface area is 113 Å². The van der Waals surface area contributed by atoms with E-state index >= 15 is 0 Å². The molecular formula is C13H23N3O3. The molecule has 108 valence electrons. The predicted octanol–water partition coefficient (Wildman–Crippen LogP) is 1.72. The van der Waals surface area contributed by atoms with Gasteiger partial charge in [0, 0.05) is 13.2 Å². The zero-order valence-electron chi connectivity index (χ0n) is 11.4. The van der Waals surface area contributed by atoms with Crippen molar-refractivity contribution < 1.29 is 14.4 Å². The van der Waals surface area contributed by atoms with E-state index in [2.05, 4.69) is 10.1 Å². The van der Waals surface area contributed by atoms with Crippen LogP contribution in [0.15, 0.2) is 4.52 Å². The van der Waals surface area contributed by atoms with Gasteiger partial charge in [0.25, 0.3) is 5.89 Å². The summed E-state index contributed by atoms with van der Waals surface area (Å²) in [6.45, 7) is 2.65. The predicted molar refractivity (Wildman–Crippen MR) is 69.3 cm³/mol. The van der Waals surface area contributed by atoms with Gasteiger partial charge in [-0.05, 0) is 25.7 Å². The maximum absolute atomic E-state index is 9.60. The smallest absolute Gasteiger partial charge is 0.256 e. The van der Waals surface area contributed by atoms with Crippen molar-refractivity contribution in [3.05, 3.63) is 11.7 Å². The van der Waals surface area contributed by atoms with E-state index in [4.69, 9.17) is 15.0 Å². The average Bonchev–Trinajstić information content (AvgIpc) is 2.94. The standard InChI is InChI=1S/C13H23N3O3/c1-2-18-11(9-6-4-3-5-7-9)12-15-13(19-16-12)10(17)8-14/h9-11,17H,2-8,14H2,1H3. The van der Waals surface area contributed by atoms with Crippen molar-refractivity contribution in [3.63, 3.8) is 0 Å². The first-order chi connectivity index (χ1) is 9.26. The summed E-state index contributed by atoms with van der Waals surface area (Å²) in [5.74, 6) is 1.16. The highest BCUT2D eigenvalue weighted by Crippen LogP contribution is 2.35. The number of aliphatic hydroxyl groups is 1. The third-order valence-corrected chi connectivity index (χ3v) is 3.64. The Balaban J connectivity index is 2.11. The van der Waals surface area contributed by atoms with Crippen molar-refractivity contribution in [2.75, 3.05) is 13.2 Å². The van der Waals surface area contributed by atoms with Gasteiger partial charge < -0.3 is 20.1 Å². The van der Waals surface area contributed by atoms with E-state index in [0.717, 1.165) is 12.8 Å². The number of nitrogens with zero attached hydrogens (tertiary/aromatic N) is 2. The summed E-state index contributed by atoms with van der Waals surface area (Å²) in [5.41, 5.74) is 5.38. The first-order valence-corrected chi connectivity index (χ1v) is 7.09. The first kappa shape index (κ1) is 14.4. The normalized spacial score (nSPS) is 20.4. The number of aliphatic hydroxyl groups excluding tert-OH is 1. The Bertz CT molecular complexity index is 377. The molecule has 6 heteroatoms. The minimum absolute atomic E-state index is 0.0738. The van der Waals surface area contributed by atoms with Gasteiger partial charge in [-0.2, -0.15) is 4.98 Å². The molecule has 0 aromatic carbocycles. The first-order valence-electron chi connectivity index (χ1n) is 7.09. The van der Waals surface area contributed by atoms with Crippen LogP contribution in [0.4, 0.5) is 0 Å². The fourth-order valence-corrected chi connectivity index (χ4v) is 2.64. The Hall–Kier alpha value is -0.980. The van der Waals surface area contributed by atoms with Crippen molar-refractivity contribution in [2.45, 2.75) is 51.2 Å². The van der Waals surface area contributed by atoms with Gasteiger partial charge in [-0.1, -0.05) is 24.4 Å². The summed E-state index contributed by atoms with van der Waals surface area (Å²) >= 11 is 0. The van der Waals surface area contributed by atoms with Crippen LogP contribution in [-0.4, -0.2) is 28.4 Å². The molecule has 1 heterocycles. The molecule has 6 nitrogen and oxygen atoms in total. The van der Waals surface area contributed by atoms with E-state index in [-0.39, 0.29) is 18.5 Å². The lowest BCUT2D eigenvalue weighted by Gasteiger charge is -2.27. The zero-order chi connectivity index (χ0) is 13.7. The lowest BCUT2D eigenvalue weighted by molar-refractivity contribution is -0.00145. The highest BCUT2D eigenvalue weighted by Gasteiger charge is 2.30. The molecule has 0 spiro atoms. The number of rotatable bonds is 6. The molecule has 2 rings (SSSR count). The number of aromatic nitrogens is 2. The Morgan fingerprint density at radius 1 is 1.42 bits per heavy atom. The van der Waals surface area contributed by atoms with Crippen molar-refractivity contribution in [1.29, 1.82) is 0 Å². The van der Waals surface area contributed by atoms with Crippen molar-refractivity contribution in [1.82, 2.24) is 10.1 Å². The van der Waals surface area contributed by atoms with Crippen molar-refractivity contribution in [2.24, 2.45) is 11.7 Å². The minimum atomic E-state index is -0.894. The largest absolute Gasteiger partial charge is 0.382 e. The maximum Gasteiger partial charge on any atom is 0.256 e. The van der Waals surface area contributed by atoms with Crippen LogP contribution in [0.1, 0.15) is 63.0 Å². The minimum Gasteiger partial charge on any atom is -0.382 e. The van der Waals surface area contributed by atoms with Gasteiger partial charge in [-0.25, -0.2) is 0 Å². The van der Waals surface area contributed by atoms with Gasteiger partial charge >= 0.3 is 0 Å². The molecule has 2 unspecified atom stereocenters. The second-order valence-corrected chi connectivity index (χ2v) is 5.02. The Kier molecular flexibility index (Phi) is 5.30. The third-order valence-electron chi connectivity index (χ3n) is 3.64. The highest BCUT2D eigenvalue weighted by molar-refractivity contribution is 4.97.